The van der Waals surface area contributed by atoms with Crippen LogP contribution in [0.5, 0.6) is 0 Å². The summed E-state index contributed by atoms with van der Waals surface area (Å²) < 4.78 is 0. The molecule has 1 aliphatic carbocycles. The molecule has 3 nitrogen and oxygen atoms in total. The second-order valence-corrected chi connectivity index (χ2v) is 4.38. The normalized spacial score (nSPS) is 39.8. The van der Waals surface area contributed by atoms with E-state index in [0.29, 0.717) is 6.42 Å². The molecule has 1 amide bonds. The lowest BCUT2D eigenvalue weighted by Gasteiger charge is -2.32. The zero-order valence-electron chi connectivity index (χ0n) is 7.31. The van der Waals surface area contributed by atoms with E-state index in [-0.39, 0.29) is 11.3 Å². The SMILES string of the molecule is NC(=O)CC12CCC(CNC1)C2. The quantitative estimate of drug-likeness (QED) is 0.621. The van der Waals surface area contributed by atoms with Crippen LogP contribution < -0.4 is 11.1 Å². The van der Waals surface area contributed by atoms with Gasteiger partial charge in [-0.2, -0.15) is 0 Å². The zero-order valence-corrected chi connectivity index (χ0v) is 7.31. The minimum Gasteiger partial charge on any atom is -0.370 e. The Bertz CT molecular complexity index is 201. The number of carbonyl (C=O) groups is 1. The molecule has 12 heavy (non-hydrogen) atoms. The van der Waals surface area contributed by atoms with Gasteiger partial charge < -0.3 is 11.1 Å². The lowest BCUT2D eigenvalue weighted by atomic mass is 9.80. The Kier molecular flexibility index (Phi) is 1.83. The Morgan fingerprint density at radius 3 is 3.25 bits per heavy atom. The molecule has 3 N–H and O–H groups in total. The van der Waals surface area contributed by atoms with E-state index in [0.717, 1.165) is 19.0 Å². The van der Waals surface area contributed by atoms with Crippen LogP contribution in [0.2, 0.25) is 0 Å². The van der Waals surface area contributed by atoms with Crippen LogP contribution >= 0.6 is 0 Å². The number of hydrogen-bond acceptors (Lipinski definition) is 2. The molecule has 1 aliphatic heterocycles. The zero-order chi connectivity index (χ0) is 8.60. The monoisotopic (exact) mass is 168 g/mol. The highest BCUT2D eigenvalue weighted by Crippen LogP contribution is 2.45. The summed E-state index contributed by atoms with van der Waals surface area (Å²) in [5.41, 5.74) is 5.47. The fourth-order valence-electron chi connectivity index (χ4n) is 2.80. The second kappa shape index (κ2) is 2.73. The number of nitrogens with one attached hydrogen (secondary N) is 1. The van der Waals surface area contributed by atoms with Crippen LogP contribution in [0.15, 0.2) is 0 Å². The first kappa shape index (κ1) is 8.05. The van der Waals surface area contributed by atoms with Crippen molar-refractivity contribution < 1.29 is 4.79 Å². The van der Waals surface area contributed by atoms with E-state index in [1.165, 1.54) is 19.3 Å². The van der Waals surface area contributed by atoms with Crippen molar-refractivity contribution in [1.29, 1.82) is 0 Å². The number of hydrogen-bond donors (Lipinski definition) is 2. The summed E-state index contributed by atoms with van der Waals surface area (Å²) >= 11 is 0. The van der Waals surface area contributed by atoms with Gasteiger partial charge in [-0.15, -0.1) is 0 Å². The molecule has 2 rings (SSSR count). The number of nitrogens with two attached hydrogens (primary N) is 1. The largest absolute Gasteiger partial charge is 0.370 e. The Morgan fingerprint density at radius 2 is 2.50 bits per heavy atom. The first-order valence-corrected chi connectivity index (χ1v) is 4.69. The molecule has 2 bridgehead atoms. The summed E-state index contributed by atoms with van der Waals surface area (Å²) in [4.78, 5) is 10.8. The summed E-state index contributed by atoms with van der Waals surface area (Å²) in [6.45, 7) is 2.13. The van der Waals surface area contributed by atoms with Gasteiger partial charge in [0.25, 0.3) is 0 Å². The summed E-state index contributed by atoms with van der Waals surface area (Å²) in [6, 6.07) is 0. The molecule has 2 atom stereocenters. The minimum atomic E-state index is -0.139. The molecule has 3 heteroatoms. The molecule has 0 aromatic carbocycles. The standard InChI is InChI=1S/C9H16N2O/c10-8(12)4-9-2-1-7(3-9)5-11-6-9/h7,11H,1-6H2,(H2,10,12). The smallest absolute Gasteiger partial charge is 0.218 e. The Balaban J connectivity index is 2.05. The average Bonchev–Trinajstić information content (AvgIpc) is 2.25. The van der Waals surface area contributed by atoms with Crippen molar-refractivity contribution in [3.8, 4) is 0 Å². The first-order valence-electron chi connectivity index (χ1n) is 4.69. The Morgan fingerprint density at radius 1 is 1.67 bits per heavy atom. The summed E-state index contributed by atoms with van der Waals surface area (Å²) in [6.07, 6.45) is 4.26. The lowest BCUT2D eigenvalue weighted by Crippen LogP contribution is -2.41. The van der Waals surface area contributed by atoms with E-state index in [1.54, 1.807) is 0 Å². The number of rotatable bonds is 2. The van der Waals surface area contributed by atoms with Crippen LogP contribution in [-0.4, -0.2) is 19.0 Å². The van der Waals surface area contributed by atoms with Gasteiger partial charge in [0, 0.05) is 13.0 Å². The summed E-state index contributed by atoms with van der Waals surface area (Å²) in [7, 11) is 0. The van der Waals surface area contributed by atoms with Crippen molar-refractivity contribution in [2.45, 2.75) is 25.7 Å². The van der Waals surface area contributed by atoms with Crippen molar-refractivity contribution in [3.63, 3.8) is 0 Å². The average molecular weight is 168 g/mol. The third-order valence-electron chi connectivity index (χ3n) is 3.29. The van der Waals surface area contributed by atoms with Crippen molar-refractivity contribution in [2.24, 2.45) is 17.1 Å². The van der Waals surface area contributed by atoms with E-state index in [2.05, 4.69) is 5.32 Å². The summed E-state index contributed by atoms with van der Waals surface area (Å²) in [5, 5.41) is 3.39. The molecule has 2 unspecified atom stereocenters. The predicted octanol–water partition coefficient (Wildman–Crippen LogP) is 0.251. The van der Waals surface area contributed by atoms with Gasteiger partial charge >= 0.3 is 0 Å². The van der Waals surface area contributed by atoms with Gasteiger partial charge in [0.2, 0.25) is 5.91 Å². The molecular formula is C9H16N2O. The van der Waals surface area contributed by atoms with Gasteiger partial charge in [-0.05, 0) is 37.1 Å². The summed E-state index contributed by atoms with van der Waals surface area (Å²) in [5.74, 6) is 0.664. The minimum absolute atomic E-state index is 0.139. The maximum absolute atomic E-state index is 10.8. The van der Waals surface area contributed by atoms with Crippen molar-refractivity contribution in [2.75, 3.05) is 13.1 Å². The van der Waals surface area contributed by atoms with Crippen LogP contribution in [0.25, 0.3) is 0 Å². The van der Waals surface area contributed by atoms with E-state index < -0.39 is 0 Å². The molecule has 1 saturated heterocycles. The molecule has 1 heterocycles. The number of fused-ring (bicyclic) bond motifs is 2. The highest BCUT2D eigenvalue weighted by atomic mass is 16.1. The van der Waals surface area contributed by atoms with Gasteiger partial charge in [0.05, 0.1) is 0 Å². The molecule has 1 saturated carbocycles. The van der Waals surface area contributed by atoms with Crippen LogP contribution in [0.4, 0.5) is 0 Å². The number of amides is 1. The van der Waals surface area contributed by atoms with Gasteiger partial charge in [-0.3, -0.25) is 4.79 Å². The van der Waals surface area contributed by atoms with Crippen LogP contribution in [0.1, 0.15) is 25.7 Å². The molecule has 2 aliphatic rings. The Hall–Kier alpha value is -0.570. The number of carbonyl (C=O) groups excluding carboxylic acids is 1. The number of piperidine rings is 1. The highest BCUT2D eigenvalue weighted by molar-refractivity contribution is 5.74. The third-order valence-corrected chi connectivity index (χ3v) is 3.29. The molecule has 68 valence electrons. The topological polar surface area (TPSA) is 55.1 Å². The lowest BCUT2D eigenvalue weighted by molar-refractivity contribution is -0.120. The van der Waals surface area contributed by atoms with Crippen LogP contribution in [0, 0.1) is 11.3 Å². The van der Waals surface area contributed by atoms with Gasteiger partial charge in [0.15, 0.2) is 0 Å². The second-order valence-electron chi connectivity index (χ2n) is 4.38. The molecule has 0 aromatic rings. The highest BCUT2D eigenvalue weighted by Gasteiger charge is 2.42. The maximum Gasteiger partial charge on any atom is 0.218 e. The van der Waals surface area contributed by atoms with Crippen LogP contribution in [-0.2, 0) is 4.79 Å². The molecular weight excluding hydrogens is 152 g/mol. The van der Waals surface area contributed by atoms with Crippen molar-refractivity contribution in [3.05, 3.63) is 0 Å². The molecule has 0 spiro atoms. The fourth-order valence-corrected chi connectivity index (χ4v) is 2.80. The van der Waals surface area contributed by atoms with Crippen LogP contribution in [0.3, 0.4) is 0 Å². The van der Waals surface area contributed by atoms with E-state index >= 15 is 0 Å². The van der Waals surface area contributed by atoms with Crippen molar-refractivity contribution in [1.82, 2.24) is 5.32 Å². The van der Waals surface area contributed by atoms with E-state index in [9.17, 15) is 4.79 Å². The Labute approximate surface area is 72.7 Å². The number of primary amides is 1. The molecule has 0 radical (unpaired) electrons. The predicted molar refractivity (Wildman–Crippen MR) is 46.5 cm³/mol. The van der Waals surface area contributed by atoms with E-state index in [1.807, 2.05) is 0 Å². The fraction of sp³-hybridized carbons (Fsp3) is 0.889. The third kappa shape index (κ3) is 1.33. The van der Waals surface area contributed by atoms with Gasteiger partial charge in [-0.1, -0.05) is 0 Å². The first-order chi connectivity index (χ1) is 5.70. The van der Waals surface area contributed by atoms with E-state index in [4.69, 9.17) is 5.73 Å². The van der Waals surface area contributed by atoms with Gasteiger partial charge in [-0.25, -0.2) is 0 Å². The van der Waals surface area contributed by atoms with Crippen molar-refractivity contribution >= 4 is 5.91 Å². The molecule has 0 aromatic heterocycles. The molecule has 2 fully saturated rings. The van der Waals surface area contributed by atoms with Gasteiger partial charge in [0.1, 0.15) is 0 Å². The maximum atomic E-state index is 10.8.